The third kappa shape index (κ3) is 5.67. The van der Waals surface area contributed by atoms with Crippen LogP contribution in [0.3, 0.4) is 0 Å². The zero-order chi connectivity index (χ0) is 22.2. The lowest BCUT2D eigenvalue weighted by atomic mass is 10.2. The lowest BCUT2D eigenvalue weighted by Crippen LogP contribution is -2.19. The summed E-state index contributed by atoms with van der Waals surface area (Å²) in [5, 5.41) is 4.73. The maximum absolute atomic E-state index is 12.1. The number of para-hydroxylation sites is 2. The predicted molar refractivity (Wildman–Crippen MR) is 126 cm³/mol. The fourth-order valence-corrected chi connectivity index (χ4v) is 3.64. The number of fused-ring (bicyclic) bond motifs is 1. The number of aromatic amines is 1. The molecule has 2 N–H and O–H groups in total. The zero-order valence-electron chi connectivity index (χ0n) is 17.4. The van der Waals surface area contributed by atoms with Gasteiger partial charge in [0.25, 0.3) is 5.91 Å². The van der Waals surface area contributed by atoms with Gasteiger partial charge in [-0.2, -0.15) is 5.10 Å². The number of carbonyl (C=O) groups excluding carboxylic acids is 1. The smallest absolute Gasteiger partial charge is 0.250 e. The second-order valence-electron chi connectivity index (χ2n) is 6.83. The van der Waals surface area contributed by atoms with E-state index < -0.39 is 0 Å². The van der Waals surface area contributed by atoms with E-state index >= 15 is 0 Å². The number of rotatable bonds is 9. The maximum atomic E-state index is 12.1. The van der Waals surface area contributed by atoms with Crippen LogP contribution in [0, 0.1) is 0 Å². The van der Waals surface area contributed by atoms with Crippen LogP contribution >= 0.6 is 11.8 Å². The molecular weight excluding hydrogens is 424 g/mol. The Morgan fingerprint density at radius 3 is 2.72 bits per heavy atom. The summed E-state index contributed by atoms with van der Waals surface area (Å²) in [4.78, 5) is 19.7. The van der Waals surface area contributed by atoms with Crippen molar-refractivity contribution in [1.29, 1.82) is 0 Å². The summed E-state index contributed by atoms with van der Waals surface area (Å²) in [5.41, 5.74) is 6.20. The SMILES string of the molecule is COc1cc(/C=N\NC(=O)CSc2nc3ccccc3[nH]2)ccc1OCc1ccccc1. The summed E-state index contributed by atoms with van der Waals surface area (Å²) < 4.78 is 11.3. The molecule has 0 aliphatic rings. The van der Waals surface area contributed by atoms with Crippen LogP contribution in [0.15, 0.2) is 83.1 Å². The molecule has 0 saturated carbocycles. The highest BCUT2D eigenvalue weighted by atomic mass is 32.2. The Morgan fingerprint density at radius 2 is 1.91 bits per heavy atom. The maximum Gasteiger partial charge on any atom is 0.250 e. The molecule has 0 aliphatic heterocycles. The quantitative estimate of drug-likeness (QED) is 0.226. The second-order valence-corrected chi connectivity index (χ2v) is 7.79. The molecule has 0 radical (unpaired) electrons. The molecule has 7 nitrogen and oxygen atoms in total. The number of thioether (sulfide) groups is 1. The Labute approximate surface area is 189 Å². The Balaban J connectivity index is 1.28. The number of amides is 1. The summed E-state index contributed by atoms with van der Waals surface area (Å²) >= 11 is 1.32. The third-order valence-corrected chi connectivity index (χ3v) is 5.41. The molecule has 8 heteroatoms. The normalized spacial score (nSPS) is 11.0. The van der Waals surface area contributed by atoms with E-state index in [4.69, 9.17) is 9.47 Å². The summed E-state index contributed by atoms with van der Waals surface area (Å²) in [6, 6.07) is 23.1. The van der Waals surface area contributed by atoms with Gasteiger partial charge < -0.3 is 14.5 Å². The average molecular weight is 447 g/mol. The molecule has 32 heavy (non-hydrogen) atoms. The topological polar surface area (TPSA) is 88.6 Å². The highest BCUT2D eigenvalue weighted by Crippen LogP contribution is 2.28. The van der Waals surface area contributed by atoms with Crippen molar-refractivity contribution in [2.75, 3.05) is 12.9 Å². The minimum absolute atomic E-state index is 0.201. The fourth-order valence-electron chi connectivity index (χ4n) is 2.96. The van der Waals surface area contributed by atoms with E-state index in [9.17, 15) is 4.79 Å². The van der Waals surface area contributed by atoms with Crippen LogP contribution in [0.5, 0.6) is 11.5 Å². The zero-order valence-corrected chi connectivity index (χ0v) is 18.3. The molecule has 1 heterocycles. The molecule has 1 aromatic heterocycles. The Kier molecular flexibility index (Phi) is 7.04. The first-order valence-electron chi connectivity index (χ1n) is 9.95. The number of hydrogen-bond acceptors (Lipinski definition) is 6. The number of imidazole rings is 1. The van der Waals surface area contributed by atoms with E-state index in [0.717, 1.165) is 22.2 Å². The van der Waals surface area contributed by atoms with Gasteiger partial charge in [-0.05, 0) is 41.5 Å². The molecule has 0 fully saturated rings. The Morgan fingerprint density at radius 1 is 1.09 bits per heavy atom. The number of benzene rings is 3. The fraction of sp³-hybridized carbons (Fsp3) is 0.125. The highest BCUT2D eigenvalue weighted by molar-refractivity contribution is 7.99. The number of nitrogens with zero attached hydrogens (tertiary/aromatic N) is 2. The van der Waals surface area contributed by atoms with Gasteiger partial charge >= 0.3 is 0 Å². The van der Waals surface area contributed by atoms with E-state index in [1.165, 1.54) is 11.8 Å². The van der Waals surface area contributed by atoms with Gasteiger partial charge in [-0.25, -0.2) is 10.4 Å². The molecule has 0 aliphatic carbocycles. The first kappa shape index (κ1) is 21.5. The molecule has 3 aromatic carbocycles. The lowest BCUT2D eigenvalue weighted by Gasteiger charge is -2.11. The predicted octanol–water partition coefficient (Wildman–Crippen LogP) is 4.39. The summed E-state index contributed by atoms with van der Waals surface area (Å²) in [6.45, 7) is 0.448. The number of hydrogen-bond donors (Lipinski definition) is 2. The van der Waals surface area contributed by atoms with Gasteiger partial charge in [-0.3, -0.25) is 4.79 Å². The Bertz CT molecular complexity index is 1190. The molecule has 162 valence electrons. The van der Waals surface area contributed by atoms with E-state index in [-0.39, 0.29) is 11.7 Å². The standard InChI is InChI=1S/C24H22N4O3S/c1-30-22-13-18(11-12-21(22)31-15-17-7-3-2-4-8-17)14-25-28-23(29)16-32-24-26-19-9-5-6-10-20(19)27-24/h2-14H,15-16H2,1H3,(H,26,27)(H,28,29)/b25-14-. The largest absolute Gasteiger partial charge is 0.493 e. The van der Waals surface area contributed by atoms with Crippen LogP contribution in [-0.4, -0.2) is 35.0 Å². The van der Waals surface area contributed by atoms with Crippen LogP contribution in [-0.2, 0) is 11.4 Å². The van der Waals surface area contributed by atoms with Gasteiger partial charge in [0, 0.05) is 0 Å². The summed E-state index contributed by atoms with van der Waals surface area (Å²) in [5.74, 6) is 1.21. The number of ether oxygens (including phenoxy) is 2. The van der Waals surface area contributed by atoms with Gasteiger partial charge in [-0.1, -0.05) is 54.2 Å². The number of hydrazone groups is 1. The highest BCUT2D eigenvalue weighted by Gasteiger charge is 2.07. The van der Waals surface area contributed by atoms with E-state index in [0.29, 0.717) is 23.3 Å². The van der Waals surface area contributed by atoms with Gasteiger partial charge in [0.15, 0.2) is 16.7 Å². The molecule has 0 unspecified atom stereocenters. The van der Waals surface area contributed by atoms with Crippen molar-refractivity contribution < 1.29 is 14.3 Å². The van der Waals surface area contributed by atoms with Crippen molar-refractivity contribution in [2.45, 2.75) is 11.8 Å². The van der Waals surface area contributed by atoms with Gasteiger partial charge in [0.05, 0.1) is 30.1 Å². The summed E-state index contributed by atoms with van der Waals surface area (Å²) in [7, 11) is 1.59. The number of carbonyl (C=O) groups is 1. The van der Waals surface area contributed by atoms with Crippen molar-refractivity contribution in [2.24, 2.45) is 5.10 Å². The molecule has 0 bridgehead atoms. The van der Waals surface area contributed by atoms with E-state index in [2.05, 4.69) is 20.5 Å². The van der Waals surface area contributed by atoms with Crippen LogP contribution in [0.4, 0.5) is 0 Å². The minimum atomic E-state index is -0.221. The Hall–Kier alpha value is -3.78. The van der Waals surface area contributed by atoms with E-state index in [1.807, 2.05) is 66.7 Å². The number of methoxy groups -OCH3 is 1. The second kappa shape index (κ2) is 10.5. The van der Waals surface area contributed by atoms with Gasteiger partial charge in [-0.15, -0.1) is 0 Å². The van der Waals surface area contributed by atoms with Crippen molar-refractivity contribution in [3.05, 3.63) is 83.9 Å². The van der Waals surface area contributed by atoms with Gasteiger partial charge in [0.2, 0.25) is 0 Å². The molecular formula is C24H22N4O3S. The van der Waals surface area contributed by atoms with Crippen molar-refractivity contribution in [3.63, 3.8) is 0 Å². The number of H-pyrrole nitrogens is 1. The lowest BCUT2D eigenvalue weighted by molar-refractivity contribution is -0.118. The first-order valence-corrected chi connectivity index (χ1v) is 10.9. The van der Waals surface area contributed by atoms with Crippen LogP contribution in [0.2, 0.25) is 0 Å². The number of nitrogens with one attached hydrogen (secondary N) is 2. The minimum Gasteiger partial charge on any atom is -0.493 e. The van der Waals surface area contributed by atoms with Crippen molar-refractivity contribution >= 4 is 34.9 Å². The number of aromatic nitrogens is 2. The van der Waals surface area contributed by atoms with Crippen LogP contribution in [0.25, 0.3) is 11.0 Å². The van der Waals surface area contributed by atoms with E-state index in [1.54, 1.807) is 19.4 Å². The molecule has 0 spiro atoms. The molecule has 4 aromatic rings. The van der Waals surface area contributed by atoms with Crippen LogP contribution in [0.1, 0.15) is 11.1 Å². The van der Waals surface area contributed by atoms with Crippen LogP contribution < -0.4 is 14.9 Å². The average Bonchev–Trinajstić information content (AvgIpc) is 3.25. The van der Waals surface area contributed by atoms with Gasteiger partial charge in [0.1, 0.15) is 6.61 Å². The molecule has 0 atom stereocenters. The molecule has 1 amide bonds. The monoisotopic (exact) mass is 446 g/mol. The summed E-state index contributed by atoms with van der Waals surface area (Å²) in [6.07, 6.45) is 1.56. The first-order chi connectivity index (χ1) is 15.7. The van der Waals surface area contributed by atoms with Crippen molar-refractivity contribution in [1.82, 2.24) is 15.4 Å². The molecule has 4 rings (SSSR count). The molecule has 0 saturated heterocycles. The third-order valence-electron chi connectivity index (χ3n) is 4.54. The van der Waals surface area contributed by atoms with Crippen molar-refractivity contribution in [3.8, 4) is 11.5 Å².